The van der Waals surface area contributed by atoms with E-state index in [0.29, 0.717) is 19.3 Å². The minimum absolute atomic E-state index is 0.0143. The molecule has 0 heterocycles. The fraction of sp³-hybridized carbons (Fsp3) is 0.650. The van der Waals surface area contributed by atoms with Gasteiger partial charge in [0, 0.05) is 18.9 Å². The standard InChI is InChI=1S/C20H34N2O5/c1-6-8-9-11-18(25)27-14-20(4,5)22-19(26)16(10-7-2)12-17(24)21-15(3)13-23/h6-7,15-16,23H,1-2,8-14H2,3-5H3,(H,21,24)(H,22,26). The minimum atomic E-state index is -0.764. The summed E-state index contributed by atoms with van der Waals surface area (Å²) < 4.78 is 5.23. The Morgan fingerprint density at radius 2 is 1.89 bits per heavy atom. The number of hydrogen-bond donors (Lipinski definition) is 3. The van der Waals surface area contributed by atoms with Crippen LogP contribution in [0.2, 0.25) is 0 Å². The number of carbonyl (C=O) groups is 3. The first kappa shape index (κ1) is 24.8. The molecule has 0 bridgehead atoms. The fourth-order valence-electron chi connectivity index (χ4n) is 2.28. The summed E-state index contributed by atoms with van der Waals surface area (Å²) in [5, 5.41) is 14.4. The van der Waals surface area contributed by atoms with Crippen molar-refractivity contribution >= 4 is 17.8 Å². The molecule has 2 unspecified atom stereocenters. The first-order chi connectivity index (χ1) is 12.6. The van der Waals surface area contributed by atoms with E-state index < -0.39 is 11.5 Å². The van der Waals surface area contributed by atoms with Gasteiger partial charge in [-0.2, -0.15) is 0 Å². The van der Waals surface area contributed by atoms with Gasteiger partial charge in [-0.05, 0) is 40.0 Å². The second-order valence-electron chi connectivity index (χ2n) is 7.29. The number of carbonyl (C=O) groups excluding carboxylic acids is 3. The molecule has 2 amide bonds. The normalized spacial score (nSPS) is 13.2. The van der Waals surface area contributed by atoms with Crippen LogP contribution >= 0.6 is 0 Å². The molecule has 0 spiro atoms. The predicted octanol–water partition coefficient (Wildman–Crippen LogP) is 1.86. The maximum Gasteiger partial charge on any atom is 0.305 e. The van der Waals surface area contributed by atoms with Crippen molar-refractivity contribution in [3.63, 3.8) is 0 Å². The summed E-state index contributed by atoms with van der Waals surface area (Å²) in [7, 11) is 0. The van der Waals surface area contributed by atoms with Gasteiger partial charge in [-0.15, -0.1) is 13.2 Å². The molecule has 0 aromatic rings. The van der Waals surface area contributed by atoms with Crippen LogP contribution in [0, 0.1) is 5.92 Å². The lowest BCUT2D eigenvalue weighted by molar-refractivity contribution is -0.146. The van der Waals surface area contributed by atoms with Crippen LogP contribution in [0.15, 0.2) is 25.3 Å². The van der Waals surface area contributed by atoms with Gasteiger partial charge in [0.25, 0.3) is 0 Å². The highest BCUT2D eigenvalue weighted by Gasteiger charge is 2.28. The molecular formula is C20H34N2O5. The molecular weight excluding hydrogens is 348 g/mol. The van der Waals surface area contributed by atoms with Crippen molar-refractivity contribution in [2.75, 3.05) is 13.2 Å². The van der Waals surface area contributed by atoms with Crippen LogP contribution < -0.4 is 10.6 Å². The van der Waals surface area contributed by atoms with Crippen molar-refractivity contribution in [1.82, 2.24) is 10.6 Å². The summed E-state index contributed by atoms with van der Waals surface area (Å²) in [6.45, 7) is 12.3. The number of amides is 2. The highest BCUT2D eigenvalue weighted by Crippen LogP contribution is 2.13. The number of nitrogens with one attached hydrogen (secondary N) is 2. The smallest absolute Gasteiger partial charge is 0.305 e. The molecule has 0 aliphatic carbocycles. The molecule has 27 heavy (non-hydrogen) atoms. The molecule has 0 radical (unpaired) electrons. The molecule has 0 aliphatic rings. The van der Waals surface area contributed by atoms with Crippen molar-refractivity contribution in [2.45, 2.75) is 64.5 Å². The average Bonchev–Trinajstić information content (AvgIpc) is 2.59. The van der Waals surface area contributed by atoms with E-state index in [-0.39, 0.29) is 43.5 Å². The zero-order valence-electron chi connectivity index (χ0n) is 16.8. The van der Waals surface area contributed by atoms with E-state index in [1.807, 2.05) is 0 Å². The van der Waals surface area contributed by atoms with Gasteiger partial charge in [0.15, 0.2) is 0 Å². The number of aliphatic hydroxyl groups excluding tert-OH is 1. The van der Waals surface area contributed by atoms with E-state index in [4.69, 9.17) is 9.84 Å². The largest absolute Gasteiger partial charge is 0.463 e. The summed E-state index contributed by atoms with van der Waals surface area (Å²) in [4.78, 5) is 36.3. The quantitative estimate of drug-likeness (QED) is 0.242. The van der Waals surface area contributed by atoms with Gasteiger partial charge in [0.2, 0.25) is 11.8 Å². The number of aliphatic hydroxyl groups is 1. The van der Waals surface area contributed by atoms with Crippen molar-refractivity contribution in [1.29, 1.82) is 0 Å². The summed E-state index contributed by atoms with van der Waals surface area (Å²) in [5.74, 6) is -1.53. The van der Waals surface area contributed by atoms with Crippen molar-refractivity contribution < 1.29 is 24.2 Å². The first-order valence-corrected chi connectivity index (χ1v) is 9.24. The maximum atomic E-state index is 12.6. The van der Waals surface area contributed by atoms with Crippen molar-refractivity contribution in [3.05, 3.63) is 25.3 Å². The number of esters is 1. The summed E-state index contributed by atoms with van der Waals surface area (Å²) in [6, 6.07) is -0.373. The average molecular weight is 383 g/mol. The van der Waals surface area contributed by atoms with Gasteiger partial charge in [-0.25, -0.2) is 0 Å². The van der Waals surface area contributed by atoms with Crippen LogP contribution in [-0.2, 0) is 19.1 Å². The molecule has 0 fully saturated rings. The molecule has 0 aromatic heterocycles. The van der Waals surface area contributed by atoms with Gasteiger partial charge >= 0.3 is 5.97 Å². The van der Waals surface area contributed by atoms with Crippen LogP contribution in [0.3, 0.4) is 0 Å². The van der Waals surface area contributed by atoms with Gasteiger partial charge in [0.1, 0.15) is 6.61 Å². The number of unbranched alkanes of at least 4 members (excludes halogenated alkanes) is 1. The Morgan fingerprint density at radius 1 is 1.22 bits per heavy atom. The summed E-state index contributed by atoms with van der Waals surface area (Å²) >= 11 is 0. The van der Waals surface area contributed by atoms with Gasteiger partial charge in [-0.3, -0.25) is 14.4 Å². The van der Waals surface area contributed by atoms with Crippen LogP contribution in [-0.4, -0.2) is 47.7 Å². The van der Waals surface area contributed by atoms with E-state index >= 15 is 0 Å². The Morgan fingerprint density at radius 3 is 2.44 bits per heavy atom. The van der Waals surface area contributed by atoms with E-state index in [0.717, 1.165) is 6.42 Å². The molecule has 2 atom stereocenters. The highest BCUT2D eigenvalue weighted by atomic mass is 16.5. The number of rotatable bonds is 14. The molecule has 3 N–H and O–H groups in total. The third-order valence-corrected chi connectivity index (χ3v) is 3.78. The predicted molar refractivity (Wildman–Crippen MR) is 105 cm³/mol. The SMILES string of the molecule is C=CCCCC(=O)OCC(C)(C)NC(=O)C(CC=C)CC(=O)NC(C)CO. The highest BCUT2D eigenvalue weighted by molar-refractivity contribution is 5.86. The van der Waals surface area contributed by atoms with Gasteiger partial charge < -0.3 is 20.5 Å². The lowest BCUT2D eigenvalue weighted by Gasteiger charge is -2.28. The van der Waals surface area contributed by atoms with Crippen LogP contribution in [0.1, 0.15) is 52.9 Å². The van der Waals surface area contributed by atoms with Gasteiger partial charge in [-0.1, -0.05) is 12.2 Å². The molecule has 0 saturated heterocycles. The van der Waals surface area contributed by atoms with Crippen molar-refractivity contribution in [2.24, 2.45) is 5.92 Å². The topological polar surface area (TPSA) is 105 Å². The van der Waals surface area contributed by atoms with Crippen LogP contribution in [0.4, 0.5) is 0 Å². The summed E-state index contributed by atoms with van der Waals surface area (Å²) in [5.41, 5.74) is -0.764. The van der Waals surface area contributed by atoms with Crippen LogP contribution in [0.25, 0.3) is 0 Å². The molecule has 7 heteroatoms. The zero-order chi connectivity index (χ0) is 20.9. The molecule has 154 valence electrons. The molecule has 7 nitrogen and oxygen atoms in total. The Bertz CT molecular complexity index is 517. The van der Waals surface area contributed by atoms with E-state index in [9.17, 15) is 14.4 Å². The number of allylic oxidation sites excluding steroid dienone is 2. The Labute approximate surface area is 162 Å². The monoisotopic (exact) mass is 382 g/mol. The lowest BCUT2D eigenvalue weighted by Crippen LogP contribution is -2.50. The minimum Gasteiger partial charge on any atom is -0.463 e. The molecule has 0 aromatic carbocycles. The third kappa shape index (κ3) is 12.0. The third-order valence-electron chi connectivity index (χ3n) is 3.78. The second kappa shape index (κ2) is 13.1. The molecule has 0 saturated carbocycles. The van der Waals surface area contributed by atoms with Crippen molar-refractivity contribution in [3.8, 4) is 0 Å². The Balaban J connectivity index is 4.61. The number of ether oxygens (including phenoxy) is 1. The maximum absolute atomic E-state index is 12.6. The first-order valence-electron chi connectivity index (χ1n) is 9.24. The zero-order valence-corrected chi connectivity index (χ0v) is 16.8. The molecule has 0 aliphatic heterocycles. The van der Waals surface area contributed by atoms with E-state index in [2.05, 4.69) is 23.8 Å². The lowest BCUT2D eigenvalue weighted by atomic mass is 9.97. The molecule has 0 rings (SSSR count). The summed E-state index contributed by atoms with van der Waals surface area (Å²) in [6.07, 6.45) is 5.38. The van der Waals surface area contributed by atoms with E-state index in [1.165, 1.54) is 0 Å². The fourth-order valence-corrected chi connectivity index (χ4v) is 2.28. The van der Waals surface area contributed by atoms with E-state index in [1.54, 1.807) is 32.9 Å². The second-order valence-corrected chi connectivity index (χ2v) is 7.29. The number of hydrogen-bond acceptors (Lipinski definition) is 5. The Hall–Kier alpha value is -2.15. The van der Waals surface area contributed by atoms with Crippen LogP contribution in [0.5, 0.6) is 0 Å². The van der Waals surface area contributed by atoms with Gasteiger partial charge in [0.05, 0.1) is 18.1 Å². The Kier molecular flexibility index (Phi) is 12.0.